The number of rotatable bonds is 20. The highest BCUT2D eigenvalue weighted by atomic mass is 33.1. The Morgan fingerprint density at radius 1 is 0.971 bits per heavy atom. The van der Waals surface area contributed by atoms with Crippen molar-refractivity contribution < 1.29 is 47.7 Å². The van der Waals surface area contributed by atoms with Crippen LogP contribution in [0.25, 0.3) is 11.2 Å². The number of carbonyl (C=O) groups is 6. The maximum absolute atomic E-state index is 13.6. The molecule has 4 aromatic rings. The molecule has 2 unspecified atom stereocenters. The van der Waals surface area contributed by atoms with Gasteiger partial charge in [0.2, 0.25) is 17.5 Å². The van der Waals surface area contributed by atoms with E-state index < -0.39 is 47.0 Å². The zero-order chi connectivity index (χ0) is 48.3. The summed E-state index contributed by atoms with van der Waals surface area (Å²) >= 11 is 0. The molecule has 0 bridgehead atoms. The number of allylic oxidation sites excluding steroid dienone is 2. The number of fused-ring (bicyclic) bond motifs is 5. The number of H-pyrrole nitrogens is 1. The number of carbonyl (C=O) groups excluding carboxylic acids is 6. The first-order chi connectivity index (χ1) is 32.7. The average Bonchev–Trinajstić information content (AvgIpc) is 3.84. The number of amides is 3. The minimum atomic E-state index is -1.39. The van der Waals surface area contributed by atoms with Crippen LogP contribution in [0, 0.1) is 5.92 Å². The fraction of sp³-hybridized carbons (Fsp3) is 0.378. The molecule has 8 rings (SSSR count). The fourth-order valence-electron chi connectivity index (χ4n) is 8.93. The van der Waals surface area contributed by atoms with Crippen molar-refractivity contribution in [1.82, 2.24) is 35.1 Å². The maximum atomic E-state index is 13.6. The number of hydrogen-bond donors (Lipinski definition) is 5. The number of anilines is 2. The van der Waals surface area contributed by atoms with Crippen molar-refractivity contribution in [3.63, 3.8) is 0 Å². The van der Waals surface area contributed by atoms with Crippen LogP contribution in [0.2, 0.25) is 0 Å². The minimum absolute atomic E-state index is 0.000135. The molecule has 4 atom stereocenters. The lowest BCUT2D eigenvalue weighted by Crippen LogP contribution is -2.56. The van der Waals surface area contributed by atoms with E-state index in [2.05, 4.69) is 30.6 Å². The van der Waals surface area contributed by atoms with Gasteiger partial charge in [0.15, 0.2) is 22.6 Å². The number of primary amides is 1. The van der Waals surface area contributed by atoms with Crippen molar-refractivity contribution in [2.45, 2.75) is 68.5 Å². The Hall–Kier alpha value is -6.98. The SMILES string of the molecule is COC1=C(C)C(=O)C2=C(C1=O)[C@@H](COC(N)=O)[C@@]1(OC)C3C(CN21)N3C(=O)OCc1ccc(SSCCCC(=O)CCCNC(=O)c2ccc(NCc3cnc4nc(N)[nH]c(=O)c4n3)cc2)cc1. The number of nitrogens with two attached hydrogens (primary N) is 2. The van der Waals surface area contributed by atoms with Gasteiger partial charge in [-0.1, -0.05) is 33.7 Å². The smallest absolute Gasteiger partial charge is 0.410 e. The summed E-state index contributed by atoms with van der Waals surface area (Å²) in [5.41, 5.74) is 12.1. The van der Waals surface area contributed by atoms with Gasteiger partial charge in [0.1, 0.15) is 25.0 Å². The number of nitrogens with zero attached hydrogens (tertiary/aromatic N) is 5. The van der Waals surface area contributed by atoms with E-state index in [0.29, 0.717) is 43.5 Å². The third-order valence-electron chi connectivity index (χ3n) is 12.1. The highest BCUT2D eigenvalue weighted by Gasteiger charge is 2.78. The Morgan fingerprint density at radius 3 is 2.44 bits per heavy atom. The second kappa shape index (κ2) is 20.1. The summed E-state index contributed by atoms with van der Waals surface area (Å²) < 4.78 is 22.3. The van der Waals surface area contributed by atoms with E-state index in [-0.39, 0.29) is 83.8 Å². The van der Waals surface area contributed by atoms with Crippen molar-refractivity contribution in [1.29, 1.82) is 0 Å². The molecule has 2 aromatic carbocycles. The lowest BCUT2D eigenvalue weighted by Gasteiger charge is -2.40. The van der Waals surface area contributed by atoms with Crippen LogP contribution in [0.3, 0.4) is 0 Å². The molecule has 4 aliphatic rings. The lowest BCUT2D eigenvalue weighted by atomic mass is 9.83. The van der Waals surface area contributed by atoms with Gasteiger partial charge in [-0.15, -0.1) is 0 Å². The van der Waals surface area contributed by atoms with Crippen molar-refractivity contribution in [2.75, 3.05) is 50.7 Å². The van der Waals surface area contributed by atoms with E-state index in [0.717, 1.165) is 21.9 Å². The van der Waals surface area contributed by atoms with E-state index in [1.807, 2.05) is 24.3 Å². The zero-order valence-electron chi connectivity index (χ0n) is 37.2. The van der Waals surface area contributed by atoms with Gasteiger partial charge in [-0.2, -0.15) is 4.98 Å². The summed E-state index contributed by atoms with van der Waals surface area (Å²) in [5.74, 6) is -1.36. The number of ether oxygens (including phenoxy) is 4. The summed E-state index contributed by atoms with van der Waals surface area (Å²) in [7, 11) is 5.93. The molecule has 0 spiro atoms. The highest BCUT2D eigenvalue weighted by Crippen LogP contribution is 2.60. The summed E-state index contributed by atoms with van der Waals surface area (Å²) in [6.45, 7) is 2.00. The van der Waals surface area contributed by atoms with Gasteiger partial charge >= 0.3 is 12.2 Å². The van der Waals surface area contributed by atoms with E-state index in [1.54, 1.807) is 50.8 Å². The Bertz CT molecular complexity index is 2800. The quantitative estimate of drug-likeness (QED) is 0.0366. The van der Waals surface area contributed by atoms with Gasteiger partial charge in [0.25, 0.3) is 11.5 Å². The Kier molecular flexibility index (Phi) is 14.0. The molecule has 68 heavy (non-hydrogen) atoms. The van der Waals surface area contributed by atoms with Crippen LogP contribution < -0.4 is 27.7 Å². The number of aromatic nitrogens is 4. The van der Waals surface area contributed by atoms with Crippen LogP contribution in [-0.4, -0.2) is 123 Å². The van der Waals surface area contributed by atoms with E-state index in [9.17, 15) is 33.6 Å². The number of Topliss-reactive ketones (excluding diaryl/α,β-unsaturated/α-hetero) is 3. The normalized spacial score (nSPS) is 20.2. The number of ketones is 3. The summed E-state index contributed by atoms with van der Waals surface area (Å²) in [6, 6.07) is 13.5. The van der Waals surface area contributed by atoms with Gasteiger partial charge in [0.05, 0.1) is 43.2 Å². The molecule has 356 valence electrons. The number of nitrogens with one attached hydrogen (secondary N) is 3. The second-order valence-electron chi connectivity index (χ2n) is 16.3. The Balaban J connectivity index is 0.709. The Morgan fingerprint density at radius 2 is 1.72 bits per heavy atom. The van der Waals surface area contributed by atoms with Gasteiger partial charge in [0, 0.05) is 66.1 Å². The number of nitrogen functional groups attached to an aromatic ring is 1. The van der Waals surface area contributed by atoms with Crippen LogP contribution >= 0.6 is 21.6 Å². The number of aromatic amines is 1. The molecular weight excluding hydrogens is 921 g/mol. The number of hydrogen-bond acceptors (Lipinski definition) is 19. The van der Waals surface area contributed by atoms with Gasteiger partial charge < -0.3 is 45.9 Å². The van der Waals surface area contributed by atoms with Gasteiger partial charge in [-0.25, -0.2) is 19.6 Å². The van der Waals surface area contributed by atoms with Crippen LogP contribution in [0.4, 0.5) is 21.2 Å². The summed E-state index contributed by atoms with van der Waals surface area (Å²) in [5, 5.41) is 6.04. The van der Waals surface area contributed by atoms with Gasteiger partial charge in [-0.3, -0.25) is 33.9 Å². The average molecular weight is 969 g/mol. The molecule has 3 amide bonds. The standard InChI is InChI=1S/C45H48N10O11S2/c1-23-35(57)34-32(36(58)37(23)63-2)30(22-65-43(47)61)45(64-3)38-31(20-54(34)45)55(38)44(62)66-21-24-8-14-29(15-9-24)68-67-17-5-7-28(56)6-4-16-48-40(59)25-10-12-26(13-11-25)49-18-27-19-50-39-33(51-27)41(60)53-42(46)52-39/h8-15,19,30-31,38,49H,4-7,16-18,20-22H2,1-3H3,(H2,47,61)(H,48,59)(H3,46,50,52,53,60)/t30-,31?,38?,45-,55?/m1/s1. The van der Waals surface area contributed by atoms with Crippen molar-refractivity contribution in [2.24, 2.45) is 11.7 Å². The second-order valence-corrected chi connectivity index (χ2v) is 18.8. The molecule has 7 N–H and O–H groups in total. The zero-order valence-corrected chi connectivity index (χ0v) is 38.8. The molecule has 2 saturated heterocycles. The number of piperazine rings is 1. The molecular formula is C45H48N10O11S2. The van der Waals surface area contributed by atoms with Crippen molar-refractivity contribution in [3.8, 4) is 0 Å². The number of benzene rings is 2. The van der Waals surface area contributed by atoms with Gasteiger partial charge in [-0.05, 0) is 61.7 Å². The summed E-state index contributed by atoms with van der Waals surface area (Å²) in [6.07, 6.45) is 1.90. The van der Waals surface area contributed by atoms with Crippen molar-refractivity contribution >= 4 is 79.8 Å². The molecule has 0 radical (unpaired) electrons. The fourth-order valence-corrected chi connectivity index (χ4v) is 11.0. The first-order valence-corrected chi connectivity index (χ1v) is 23.9. The topological polar surface area (TPSA) is 293 Å². The third kappa shape index (κ3) is 9.45. The Labute approximate surface area is 396 Å². The highest BCUT2D eigenvalue weighted by molar-refractivity contribution is 8.76. The monoisotopic (exact) mass is 968 g/mol. The largest absolute Gasteiger partial charge is 0.492 e. The van der Waals surface area contributed by atoms with Crippen LogP contribution in [0.1, 0.15) is 54.2 Å². The van der Waals surface area contributed by atoms with Crippen molar-refractivity contribution in [3.05, 3.63) is 105 Å². The summed E-state index contributed by atoms with van der Waals surface area (Å²) in [4.78, 5) is 109. The molecule has 23 heteroatoms. The van der Waals surface area contributed by atoms with E-state index in [4.69, 9.17) is 30.4 Å². The van der Waals surface area contributed by atoms with E-state index in [1.165, 1.54) is 32.2 Å². The predicted octanol–water partition coefficient (Wildman–Crippen LogP) is 3.61. The molecule has 2 aromatic heterocycles. The maximum Gasteiger partial charge on any atom is 0.410 e. The predicted molar refractivity (Wildman–Crippen MR) is 249 cm³/mol. The molecule has 2 fully saturated rings. The minimum Gasteiger partial charge on any atom is -0.492 e. The van der Waals surface area contributed by atoms with E-state index >= 15 is 0 Å². The number of methoxy groups -OCH3 is 2. The molecule has 5 heterocycles. The molecule has 0 saturated carbocycles. The molecule has 1 aliphatic carbocycles. The molecule has 21 nitrogen and oxygen atoms in total. The van der Waals surface area contributed by atoms with Crippen LogP contribution in [0.15, 0.2) is 87.0 Å². The first kappa shape index (κ1) is 47.5. The first-order valence-electron chi connectivity index (χ1n) is 21.6. The molecule has 3 aliphatic heterocycles. The van der Waals surface area contributed by atoms with Crippen LogP contribution in [-0.2, 0) is 46.5 Å². The lowest BCUT2D eigenvalue weighted by molar-refractivity contribution is -0.144. The third-order valence-corrected chi connectivity index (χ3v) is 14.6. The van der Waals surface area contributed by atoms with Crippen LogP contribution in [0.5, 0.6) is 0 Å².